The molecule has 32 nitrogen and oxygen atoms in total. The summed E-state index contributed by atoms with van der Waals surface area (Å²) in [5.74, 6) is -3.83. The highest BCUT2D eigenvalue weighted by Gasteiger charge is 2.26. The first-order valence-corrected chi connectivity index (χ1v) is 37.6. The molecule has 0 aliphatic carbocycles. The van der Waals surface area contributed by atoms with Crippen LogP contribution in [0.4, 0.5) is 43.4 Å². The molecule has 0 aliphatic heterocycles. The number of thiophene rings is 2. The molecule has 572 valence electrons. The van der Waals surface area contributed by atoms with Gasteiger partial charge in [-0.1, -0.05) is 30.1 Å². The van der Waals surface area contributed by atoms with Gasteiger partial charge in [-0.2, -0.15) is 8.75 Å². The average molecular weight is 1580 g/mol. The van der Waals surface area contributed by atoms with E-state index in [0.29, 0.717) is 84.2 Å². The minimum Gasteiger partial charge on any atom is -0.374 e. The molecule has 10 amide bonds. The highest BCUT2D eigenvalue weighted by atomic mass is 35.5. The Morgan fingerprint density at radius 2 is 0.877 bits per heavy atom. The smallest absolute Gasteiger partial charge is 0.277 e. The Balaban J connectivity index is 0.000000301. The molecule has 8 aromatic rings. The molecule has 0 aliphatic rings. The molecule has 8 rings (SSSR count). The van der Waals surface area contributed by atoms with Crippen molar-refractivity contribution in [2.24, 2.45) is 28.2 Å². The molecule has 8 aromatic heterocycles. The van der Waals surface area contributed by atoms with Gasteiger partial charge in [0.25, 0.3) is 47.3 Å². The number of aryl methyl sites for hydroxylation is 4. The molecular weight excluding hydrogens is 1480 g/mol. The minimum absolute atomic E-state index is 0.0170. The first kappa shape index (κ1) is 83.8. The summed E-state index contributed by atoms with van der Waals surface area (Å²) in [6.07, 6.45) is 9.91. The van der Waals surface area contributed by atoms with Crippen molar-refractivity contribution in [1.29, 1.82) is 0 Å². The second-order valence-corrected chi connectivity index (χ2v) is 29.8. The van der Waals surface area contributed by atoms with Gasteiger partial charge >= 0.3 is 0 Å². The summed E-state index contributed by atoms with van der Waals surface area (Å²) in [5, 5.41) is 38.0. The summed E-state index contributed by atoms with van der Waals surface area (Å²) in [6.45, 7) is 6.69. The topological polar surface area (TPSA) is 374 Å². The summed E-state index contributed by atoms with van der Waals surface area (Å²) in [4.78, 5) is 137. The van der Waals surface area contributed by atoms with Crippen LogP contribution in [-0.4, -0.2) is 221 Å². The predicted octanol–water partition coefficient (Wildman–Crippen LogP) is 8.03. The lowest BCUT2D eigenvalue weighted by Crippen LogP contribution is -2.34. The number of halogens is 2. The van der Waals surface area contributed by atoms with Crippen LogP contribution in [0.3, 0.4) is 0 Å². The lowest BCUT2D eigenvalue weighted by molar-refractivity contribution is -0.121. The van der Waals surface area contributed by atoms with Crippen LogP contribution in [0.25, 0.3) is 0 Å². The Labute approximate surface area is 641 Å². The molecule has 0 saturated carbocycles. The van der Waals surface area contributed by atoms with Gasteiger partial charge in [0.05, 0.1) is 49.4 Å². The van der Waals surface area contributed by atoms with Crippen LogP contribution in [-0.2, 0) is 37.8 Å². The van der Waals surface area contributed by atoms with E-state index in [1.165, 1.54) is 29.5 Å². The molecule has 38 heteroatoms. The van der Waals surface area contributed by atoms with Crippen LogP contribution in [0.1, 0.15) is 128 Å². The van der Waals surface area contributed by atoms with Crippen LogP contribution in [0, 0.1) is 0 Å². The van der Waals surface area contributed by atoms with E-state index in [0.717, 1.165) is 79.7 Å². The van der Waals surface area contributed by atoms with Crippen molar-refractivity contribution >= 4 is 171 Å². The predicted molar refractivity (Wildman–Crippen MR) is 422 cm³/mol. The number of rotatable bonds is 37. The molecule has 0 aromatic carbocycles. The van der Waals surface area contributed by atoms with Crippen LogP contribution in [0.5, 0.6) is 0 Å². The van der Waals surface area contributed by atoms with Crippen molar-refractivity contribution in [1.82, 2.24) is 67.9 Å². The van der Waals surface area contributed by atoms with E-state index in [1.54, 1.807) is 101 Å². The maximum Gasteiger partial charge on any atom is 0.277 e. The van der Waals surface area contributed by atoms with Gasteiger partial charge in [0.2, 0.25) is 11.8 Å². The highest BCUT2D eigenvalue weighted by Crippen LogP contribution is 2.34. The average Bonchev–Trinajstić information content (AvgIpc) is 1.68. The maximum absolute atomic E-state index is 13.2. The second-order valence-electron chi connectivity index (χ2n) is 25.5. The molecule has 8 heterocycles. The van der Waals surface area contributed by atoms with Crippen molar-refractivity contribution in [2.75, 3.05) is 151 Å². The second kappa shape index (κ2) is 40.3. The normalized spacial score (nSPS) is 11.4. The molecule has 12 N–H and O–H groups in total. The van der Waals surface area contributed by atoms with Gasteiger partial charge in [0.15, 0.2) is 11.4 Å². The van der Waals surface area contributed by atoms with Crippen molar-refractivity contribution in [3.05, 3.63) is 127 Å². The minimum atomic E-state index is -0.507. The van der Waals surface area contributed by atoms with Gasteiger partial charge in [0, 0.05) is 104 Å². The molecular formula is C68H92Cl2N22O10S4. The van der Waals surface area contributed by atoms with Gasteiger partial charge in [-0.3, -0.25) is 52.8 Å². The number of amides is 10. The van der Waals surface area contributed by atoms with Gasteiger partial charge in [0.1, 0.15) is 42.8 Å². The first-order chi connectivity index (χ1) is 50.4. The summed E-state index contributed by atoms with van der Waals surface area (Å²) < 4.78 is 14.7. The van der Waals surface area contributed by atoms with Gasteiger partial charge < -0.3 is 96.8 Å². The number of anilines is 8. The van der Waals surface area contributed by atoms with E-state index in [9.17, 15) is 47.9 Å². The fraction of sp³-hybridized carbons (Fsp3) is 0.412. The van der Waals surface area contributed by atoms with E-state index in [4.69, 9.17) is 23.2 Å². The largest absolute Gasteiger partial charge is 0.374 e. The number of nitrogens with zero attached hydrogens (tertiary/aromatic N) is 10. The third kappa shape index (κ3) is 25.1. The standard InChI is InChI=1S/C37H51ClN12O6S2.C31H41ClN10O4S2/c1-8-27(48(4)5)44-37-31(38)32(46-58-37)36(56)45-30-11-10-26(57-30)35(55)43-23-19-25(50(7)21-23)34(54)41-16-13-29(52)42-22-18-24(49(6)20-22)33(53)40-15-12-28(51)39-14-9-17-47(2)3;1-39(2)11-7-9-33-29(45)24-15-21(18-47-24)37-28(44)23-13-19(16-41(23)5)35-27(43)22-14-20(17-42(22)6)36-30(46)26-25(32)31(48-38-26)34-10-8-12-40(3)4/h10-11,18-21,27,44H,8-9,12-17H2,1-7H3,(H,39,51)(H,40,53)(H,41,54)(H,42,52)(H,43,55)(H,45,56);13-18,34H,7-12H2,1-6H3,(H,33,45)(H,35,43)(H,36,46)(H,37,44). The molecule has 1 atom stereocenters. The van der Waals surface area contributed by atoms with Crippen molar-refractivity contribution < 1.29 is 47.9 Å². The number of carbonyl (C=O) groups excluding carboxylic acids is 10. The summed E-state index contributed by atoms with van der Waals surface area (Å²) in [7, 11) is 22.4. The van der Waals surface area contributed by atoms with Crippen LogP contribution in [0.2, 0.25) is 10.0 Å². The molecule has 0 bridgehead atoms. The van der Waals surface area contributed by atoms with Gasteiger partial charge in [-0.15, -0.1) is 22.7 Å². The summed E-state index contributed by atoms with van der Waals surface area (Å²) in [6, 6.07) is 10.9. The third-order valence-corrected chi connectivity index (χ3v) is 20.2. The Kier molecular flexibility index (Phi) is 31.8. The quantitative estimate of drug-likeness (QED) is 0.0129. The molecule has 0 fully saturated rings. The molecule has 1 unspecified atom stereocenters. The summed E-state index contributed by atoms with van der Waals surface area (Å²) in [5.41, 5.74) is 3.38. The van der Waals surface area contributed by atoms with Crippen molar-refractivity contribution in [2.45, 2.75) is 51.6 Å². The van der Waals surface area contributed by atoms with Crippen molar-refractivity contribution in [3.63, 3.8) is 0 Å². The number of hydrogen-bond acceptors (Lipinski definition) is 22. The highest BCUT2D eigenvalue weighted by molar-refractivity contribution is 7.18. The molecule has 0 radical (unpaired) electrons. The summed E-state index contributed by atoms with van der Waals surface area (Å²) >= 11 is 17.4. The monoisotopic (exact) mass is 1570 g/mol. The first-order valence-electron chi connectivity index (χ1n) is 33.6. The van der Waals surface area contributed by atoms with Gasteiger partial charge in [-0.05, 0) is 167 Å². The Hall–Kier alpha value is -9.50. The Bertz CT molecular complexity index is 4390. The zero-order valence-electron chi connectivity index (χ0n) is 61.3. The van der Waals surface area contributed by atoms with E-state index < -0.39 is 35.4 Å². The third-order valence-electron chi connectivity index (χ3n) is 15.7. The van der Waals surface area contributed by atoms with E-state index in [2.05, 4.69) is 82.3 Å². The maximum atomic E-state index is 13.2. The molecule has 106 heavy (non-hydrogen) atoms. The van der Waals surface area contributed by atoms with Crippen LogP contribution < -0.4 is 63.8 Å². The number of carbonyl (C=O) groups is 10. The van der Waals surface area contributed by atoms with Gasteiger partial charge in [-0.25, -0.2) is 0 Å². The molecule has 0 spiro atoms. The van der Waals surface area contributed by atoms with Crippen LogP contribution in [0.15, 0.2) is 72.6 Å². The van der Waals surface area contributed by atoms with E-state index in [1.807, 2.05) is 73.1 Å². The van der Waals surface area contributed by atoms with Crippen molar-refractivity contribution in [3.8, 4) is 0 Å². The SMILES string of the molecule is CCC(Nc1snc(C(=O)Nc2ccc(C(=O)Nc3cc(C(=O)NCCC(=O)Nc4cc(C(=O)NCCC(=O)NCCCN(C)C)n(C)c4)n(C)c3)s2)c1Cl)N(C)C.CN(C)CCCNC(=O)c1cc(NC(=O)c2cc(NC(=O)c3cc(NC(=O)c4nsc(NCCCN(C)C)c4Cl)cn3C)cn2C)cs1. The van der Waals surface area contributed by atoms with E-state index >= 15 is 0 Å². The number of aromatic nitrogens is 6. The van der Waals surface area contributed by atoms with E-state index in [-0.39, 0.29) is 88.5 Å². The zero-order chi connectivity index (χ0) is 77.5. The Morgan fingerprint density at radius 3 is 1.39 bits per heavy atom. The lowest BCUT2D eigenvalue weighted by atomic mass is 10.3. The number of hydrogen-bond donors (Lipinski definition) is 12. The lowest BCUT2D eigenvalue weighted by Gasteiger charge is -2.24. The fourth-order valence-corrected chi connectivity index (χ4v) is 13.8. The zero-order valence-corrected chi connectivity index (χ0v) is 66.1. The molecule has 0 saturated heterocycles. The Morgan fingerprint density at radius 1 is 0.453 bits per heavy atom. The fourth-order valence-electron chi connectivity index (χ4n) is 10.2. The van der Waals surface area contributed by atoms with Crippen LogP contribution >= 0.6 is 68.9 Å². The number of nitrogens with one attached hydrogen (secondary N) is 12.